The Kier molecular flexibility index (Phi) is 3.76. The van der Waals surface area contributed by atoms with E-state index < -0.39 is 0 Å². The van der Waals surface area contributed by atoms with Crippen molar-refractivity contribution < 1.29 is 0 Å². The fraction of sp³-hybridized carbons (Fsp3) is 0.278. The first kappa shape index (κ1) is 13.9. The summed E-state index contributed by atoms with van der Waals surface area (Å²) in [5, 5.41) is 12.9. The molecule has 1 aliphatic heterocycles. The third-order valence-corrected chi connectivity index (χ3v) is 4.33. The maximum absolute atomic E-state index is 4.70. The van der Waals surface area contributed by atoms with Gasteiger partial charge >= 0.3 is 0 Å². The highest BCUT2D eigenvalue weighted by molar-refractivity contribution is 5.80. The van der Waals surface area contributed by atoms with Gasteiger partial charge in [0.2, 0.25) is 0 Å². The van der Waals surface area contributed by atoms with Crippen LogP contribution in [-0.4, -0.2) is 34.3 Å². The highest BCUT2D eigenvalue weighted by atomic mass is 15.3. The van der Waals surface area contributed by atoms with Gasteiger partial charge in [0.25, 0.3) is 0 Å². The van der Waals surface area contributed by atoms with Crippen LogP contribution >= 0.6 is 0 Å². The number of aromatic nitrogens is 3. The molecule has 0 radical (unpaired) electrons. The predicted octanol–water partition coefficient (Wildman–Crippen LogP) is 3.11. The molecule has 5 nitrogen and oxygen atoms in total. The molecule has 116 valence electrons. The van der Waals surface area contributed by atoms with Crippen LogP contribution in [0.3, 0.4) is 0 Å². The summed E-state index contributed by atoms with van der Waals surface area (Å²) < 4.78 is 0. The third kappa shape index (κ3) is 3.08. The molecule has 4 rings (SSSR count). The molecule has 0 unspecified atom stereocenters. The van der Waals surface area contributed by atoms with Crippen LogP contribution in [0.5, 0.6) is 0 Å². The van der Waals surface area contributed by atoms with Crippen molar-refractivity contribution in [3.63, 3.8) is 0 Å². The van der Waals surface area contributed by atoms with Gasteiger partial charge in [0, 0.05) is 30.7 Å². The van der Waals surface area contributed by atoms with E-state index in [1.165, 1.54) is 5.39 Å². The molecule has 1 aromatic carbocycles. The standard InChI is InChI=1S/C18H19N5/c1-2-5-16-14(4-1)7-8-17(21-16)20-15-9-12-23(13-10-15)18-6-3-11-19-22-18/h1-8,11,15H,9-10,12-13H2,(H,20,21). The largest absolute Gasteiger partial charge is 0.367 e. The van der Waals surface area contributed by atoms with Crippen LogP contribution in [0.4, 0.5) is 11.6 Å². The van der Waals surface area contributed by atoms with Crippen molar-refractivity contribution in [2.75, 3.05) is 23.3 Å². The summed E-state index contributed by atoms with van der Waals surface area (Å²) in [4.78, 5) is 6.99. The van der Waals surface area contributed by atoms with Crippen molar-refractivity contribution in [2.24, 2.45) is 0 Å². The number of nitrogens with one attached hydrogen (secondary N) is 1. The Labute approximate surface area is 135 Å². The number of rotatable bonds is 3. The zero-order valence-electron chi connectivity index (χ0n) is 12.9. The fourth-order valence-corrected chi connectivity index (χ4v) is 3.07. The highest BCUT2D eigenvalue weighted by Crippen LogP contribution is 2.21. The number of piperidine rings is 1. The molecule has 2 aromatic heterocycles. The lowest BCUT2D eigenvalue weighted by molar-refractivity contribution is 0.521. The summed E-state index contributed by atoms with van der Waals surface area (Å²) in [5.41, 5.74) is 1.04. The quantitative estimate of drug-likeness (QED) is 0.806. The Bertz CT molecular complexity index is 782. The molecule has 3 aromatic rings. The molecule has 1 fully saturated rings. The smallest absolute Gasteiger partial charge is 0.151 e. The van der Waals surface area contributed by atoms with Gasteiger partial charge in [-0.25, -0.2) is 4.98 Å². The normalized spacial score (nSPS) is 15.7. The van der Waals surface area contributed by atoms with E-state index in [4.69, 9.17) is 4.98 Å². The SMILES string of the molecule is c1cnnc(N2CCC(Nc3ccc4ccccc4n3)CC2)c1. The summed E-state index contributed by atoms with van der Waals surface area (Å²) in [5.74, 6) is 1.93. The van der Waals surface area contributed by atoms with Gasteiger partial charge in [-0.15, -0.1) is 5.10 Å². The van der Waals surface area contributed by atoms with Crippen molar-refractivity contribution >= 4 is 22.5 Å². The van der Waals surface area contributed by atoms with E-state index in [9.17, 15) is 0 Å². The van der Waals surface area contributed by atoms with Crippen LogP contribution in [-0.2, 0) is 0 Å². The number of hydrogen-bond donors (Lipinski definition) is 1. The van der Waals surface area contributed by atoms with Gasteiger partial charge in [0.15, 0.2) is 5.82 Å². The minimum atomic E-state index is 0.455. The Morgan fingerprint density at radius 1 is 0.957 bits per heavy atom. The zero-order chi connectivity index (χ0) is 15.5. The molecule has 1 aliphatic rings. The minimum Gasteiger partial charge on any atom is -0.367 e. The van der Waals surface area contributed by atoms with Crippen molar-refractivity contribution in [3.8, 4) is 0 Å². The molecule has 1 N–H and O–H groups in total. The summed E-state index contributed by atoms with van der Waals surface area (Å²) in [6.45, 7) is 1.98. The van der Waals surface area contributed by atoms with Crippen LogP contribution in [0.1, 0.15) is 12.8 Å². The molecule has 1 saturated heterocycles. The number of nitrogens with zero attached hydrogens (tertiary/aromatic N) is 4. The summed E-state index contributed by atoms with van der Waals surface area (Å²) in [7, 11) is 0. The van der Waals surface area contributed by atoms with E-state index in [1.54, 1.807) is 6.20 Å². The maximum atomic E-state index is 4.70. The third-order valence-electron chi connectivity index (χ3n) is 4.33. The van der Waals surface area contributed by atoms with E-state index in [-0.39, 0.29) is 0 Å². The van der Waals surface area contributed by atoms with Crippen LogP contribution in [0.2, 0.25) is 0 Å². The lowest BCUT2D eigenvalue weighted by Crippen LogP contribution is -2.39. The van der Waals surface area contributed by atoms with Gasteiger partial charge in [-0.3, -0.25) is 0 Å². The average molecular weight is 305 g/mol. The fourth-order valence-electron chi connectivity index (χ4n) is 3.07. The van der Waals surface area contributed by atoms with Gasteiger partial charge in [0.1, 0.15) is 5.82 Å². The first-order valence-electron chi connectivity index (χ1n) is 8.03. The Morgan fingerprint density at radius 2 is 1.83 bits per heavy atom. The number of benzene rings is 1. The van der Waals surface area contributed by atoms with Crippen molar-refractivity contribution in [2.45, 2.75) is 18.9 Å². The molecule has 0 saturated carbocycles. The number of fused-ring (bicyclic) bond motifs is 1. The van der Waals surface area contributed by atoms with E-state index in [0.29, 0.717) is 6.04 Å². The van der Waals surface area contributed by atoms with E-state index in [1.807, 2.05) is 24.3 Å². The molecule has 5 heteroatoms. The van der Waals surface area contributed by atoms with E-state index >= 15 is 0 Å². The minimum absolute atomic E-state index is 0.455. The Balaban J connectivity index is 1.40. The first-order valence-corrected chi connectivity index (χ1v) is 8.03. The molecule has 0 aliphatic carbocycles. The van der Waals surface area contributed by atoms with Crippen molar-refractivity contribution in [1.82, 2.24) is 15.2 Å². The van der Waals surface area contributed by atoms with Gasteiger partial charge in [-0.2, -0.15) is 5.10 Å². The molecule has 0 atom stereocenters. The maximum Gasteiger partial charge on any atom is 0.151 e. The predicted molar refractivity (Wildman–Crippen MR) is 92.6 cm³/mol. The van der Waals surface area contributed by atoms with Crippen molar-refractivity contribution in [1.29, 1.82) is 0 Å². The van der Waals surface area contributed by atoms with Crippen molar-refractivity contribution in [3.05, 3.63) is 54.7 Å². The second-order valence-electron chi connectivity index (χ2n) is 5.88. The molecule has 0 spiro atoms. The van der Waals surface area contributed by atoms with E-state index in [2.05, 4.69) is 44.7 Å². The van der Waals surface area contributed by atoms with Crippen LogP contribution in [0.25, 0.3) is 10.9 Å². The number of pyridine rings is 1. The monoisotopic (exact) mass is 305 g/mol. The van der Waals surface area contributed by atoms with Gasteiger partial charge in [0.05, 0.1) is 5.52 Å². The lowest BCUT2D eigenvalue weighted by atomic mass is 10.0. The molecule has 0 bridgehead atoms. The number of anilines is 2. The summed E-state index contributed by atoms with van der Waals surface area (Å²) in [6, 6.07) is 16.8. The van der Waals surface area contributed by atoms with Crippen LogP contribution in [0, 0.1) is 0 Å². The molecule has 3 heterocycles. The Morgan fingerprint density at radius 3 is 2.65 bits per heavy atom. The molecular formula is C18H19N5. The number of para-hydroxylation sites is 1. The average Bonchev–Trinajstić information content (AvgIpc) is 2.63. The zero-order valence-corrected chi connectivity index (χ0v) is 12.9. The van der Waals surface area contributed by atoms with Crippen LogP contribution < -0.4 is 10.2 Å². The van der Waals surface area contributed by atoms with Gasteiger partial charge in [-0.1, -0.05) is 18.2 Å². The van der Waals surface area contributed by atoms with Gasteiger partial charge < -0.3 is 10.2 Å². The number of hydrogen-bond acceptors (Lipinski definition) is 5. The summed E-state index contributed by atoms with van der Waals surface area (Å²) in [6.07, 6.45) is 3.86. The molecular weight excluding hydrogens is 286 g/mol. The summed E-state index contributed by atoms with van der Waals surface area (Å²) >= 11 is 0. The molecule has 23 heavy (non-hydrogen) atoms. The lowest BCUT2D eigenvalue weighted by Gasteiger charge is -2.33. The topological polar surface area (TPSA) is 53.9 Å². The van der Waals surface area contributed by atoms with E-state index in [0.717, 1.165) is 43.1 Å². The highest BCUT2D eigenvalue weighted by Gasteiger charge is 2.20. The second kappa shape index (κ2) is 6.20. The second-order valence-corrected chi connectivity index (χ2v) is 5.88. The van der Waals surface area contributed by atoms with Gasteiger partial charge in [-0.05, 0) is 43.2 Å². The first-order chi connectivity index (χ1) is 11.4. The molecule has 0 amide bonds. The Hall–Kier alpha value is -2.69. The van der Waals surface area contributed by atoms with Crippen LogP contribution in [0.15, 0.2) is 54.7 Å².